The second kappa shape index (κ2) is 13.4. The van der Waals surface area contributed by atoms with Crippen molar-refractivity contribution in [3.8, 4) is 0 Å². The monoisotopic (exact) mass is 592 g/mol. The van der Waals surface area contributed by atoms with Crippen molar-refractivity contribution in [1.82, 2.24) is 25.3 Å². The number of alkyl halides is 1. The van der Waals surface area contributed by atoms with Crippen LogP contribution in [0.2, 0.25) is 0 Å². The number of nitrogens with zero attached hydrogens (tertiary/aromatic N) is 3. The Morgan fingerprint density at radius 1 is 1.10 bits per heavy atom. The molecule has 4 rings (SSSR count). The van der Waals surface area contributed by atoms with Gasteiger partial charge in [0.15, 0.2) is 5.67 Å². The molecule has 3 aliphatic rings. The summed E-state index contributed by atoms with van der Waals surface area (Å²) in [6.45, 7) is 3.98. The summed E-state index contributed by atoms with van der Waals surface area (Å²) in [5.41, 5.74) is -1.68. The van der Waals surface area contributed by atoms with Crippen LogP contribution in [-0.2, 0) is 30.3 Å². The van der Waals surface area contributed by atoms with Gasteiger partial charge in [-0.05, 0) is 57.4 Å². The van der Waals surface area contributed by atoms with Crippen LogP contribution in [0.4, 0.5) is 19.3 Å². The third-order valence-electron chi connectivity index (χ3n) is 7.74. The number of piperazine rings is 1. The van der Waals surface area contributed by atoms with Crippen molar-refractivity contribution in [2.45, 2.75) is 56.8 Å². The lowest BCUT2D eigenvalue weighted by molar-refractivity contribution is -0.138. The van der Waals surface area contributed by atoms with Gasteiger partial charge in [0, 0.05) is 39.1 Å². The highest BCUT2D eigenvalue weighted by molar-refractivity contribution is 5.97. The van der Waals surface area contributed by atoms with Crippen LogP contribution in [0.25, 0.3) is 0 Å². The Bertz CT molecular complexity index is 1200. The first-order valence-corrected chi connectivity index (χ1v) is 14.3. The Morgan fingerprint density at radius 2 is 1.81 bits per heavy atom. The Labute approximate surface area is 243 Å². The maximum Gasteiger partial charge on any atom is 0.410 e. The maximum atomic E-state index is 15.0. The minimum absolute atomic E-state index is 0.0250. The predicted molar refractivity (Wildman–Crippen MR) is 148 cm³/mol. The topological polar surface area (TPSA) is 140 Å². The standard InChI is InChI=1S/C28H38F2N6O6/c1-3-42-27(41)36-10-4-5-22(36)24(38)33-21(25(39)35-13-11-34(2)12-14-35)16-18-6-7-20(19(29)15-18)32-23(37)17-31-26(40)28(30)8-9-28/h6-7,15,21-22H,3-5,8-14,16-17H2,1-2H3,(H,31,40)(H,32,37)(H,33,38). The summed E-state index contributed by atoms with van der Waals surface area (Å²) in [5.74, 6) is -3.17. The van der Waals surface area contributed by atoms with E-state index in [9.17, 15) is 32.8 Å². The van der Waals surface area contributed by atoms with Gasteiger partial charge < -0.3 is 30.5 Å². The van der Waals surface area contributed by atoms with Gasteiger partial charge in [-0.2, -0.15) is 0 Å². The molecule has 12 nitrogen and oxygen atoms in total. The van der Waals surface area contributed by atoms with Crippen LogP contribution in [-0.4, -0.2) is 115 Å². The molecule has 0 spiro atoms. The molecule has 0 radical (unpaired) electrons. The molecule has 0 aromatic heterocycles. The Morgan fingerprint density at radius 3 is 2.45 bits per heavy atom. The fraction of sp³-hybridized carbons (Fsp3) is 0.607. The molecule has 230 valence electrons. The van der Waals surface area contributed by atoms with E-state index >= 15 is 0 Å². The zero-order chi connectivity index (χ0) is 30.4. The van der Waals surface area contributed by atoms with Crippen molar-refractivity contribution >= 4 is 35.4 Å². The molecule has 5 amide bonds. The molecule has 1 aromatic carbocycles. The van der Waals surface area contributed by atoms with Gasteiger partial charge >= 0.3 is 6.09 Å². The molecule has 1 aliphatic carbocycles. The number of anilines is 1. The molecule has 3 fully saturated rings. The van der Waals surface area contributed by atoms with Gasteiger partial charge in [0.05, 0.1) is 18.8 Å². The normalized spacial score (nSPS) is 20.4. The molecule has 2 unspecified atom stereocenters. The smallest absolute Gasteiger partial charge is 0.410 e. The number of halogens is 2. The summed E-state index contributed by atoms with van der Waals surface area (Å²) < 4.78 is 33.8. The zero-order valence-electron chi connectivity index (χ0n) is 23.9. The number of likely N-dealkylation sites (N-methyl/N-ethyl adjacent to an activating group) is 1. The van der Waals surface area contributed by atoms with Crippen molar-refractivity contribution < 1.29 is 37.5 Å². The third kappa shape index (κ3) is 7.72. The van der Waals surface area contributed by atoms with Gasteiger partial charge in [0.1, 0.15) is 17.9 Å². The fourth-order valence-corrected chi connectivity index (χ4v) is 5.05. The Hall–Kier alpha value is -3.81. The van der Waals surface area contributed by atoms with Crippen LogP contribution in [0, 0.1) is 5.82 Å². The number of carbonyl (C=O) groups excluding carboxylic acids is 5. The number of rotatable bonds is 10. The number of ether oxygens (including phenoxy) is 1. The van der Waals surface area contributed by atoms with E-state index in [1.54, 1.807) is 11.8 Å². The number of hydrogen-bond acceptors (Lipinski definition) is 7. The number of likely N-dealkylation sites (tertiary alicyclic amines) is 1. The highest BCUT2D eigenvalue weighted by Gasteiger charge is 2.50. The molecule has 1 aromatic rings. The third-order valence-corrected chi connectivity index (χ3v) is 7.74. The molecule has 14 heteroatoms. The number of amides is 5. The molecule has 2 aliphatic heterocycles. The molecule has 42 heavy (non-hydrogen) atoms. The highest BCUT2D eigenvalue weighted by Crippen LogP contribution is 2.39. The average Bonchev–Trinajstić information content (AvgIpc) is 3.51. The number of benzene rings is 1. The lowest BCUT2D eigenvalue weighted by Gasteiger charge is -2.35. The van der Waals surface area contributed by atoms with Gasteiger partial charge in [0.25, 0.3) is 5.91 Å². The first kappa shape index (κ1) is 31.1. The van der Waals surface area contributed by atoms with E-state index in [-0.39, 0.29) is 37.5 Å². The van der Waals surface area contributed by atoms with Crippen LogP contribution in [0.3, 0.4) is 0 Å². The van der Waals surface area contributed by atoms with Gasteiger partial charge in [0.2, 0.25) is 17.7 Å². The minimum atomic E-state index is -1.92. The van der Waals surface area contributed by atoms with E-state index in [1.807, 2.05) is 7.05 Å². The molecule has 0 bridgehead atoms. The number of carbonyl (C=O) groups is 5. The van der Waals surface area contributed by atoms with E-state index in [0.29, 0.717) is 51.1 Å². The summed E-state index contributed by atoms with van der Waals surface area (Å²) in [4.78, 5) is 68.2. The van der Waals surface area contributed by atoms with Crippen LogP contribution in [0.5, 0.6) is 0 Å². The van der Waals surface area contributed by atoms with Crippen LogP contribution in [0.15, 0.2) is 18.2 Å². The largest absolute Gasteiger partial charge is 0.450 e. The highest BCUT2D eigenvalue weighted by atomic mass is 19.1. The maximum absolute atomic E-state index is 15.0. The van der Waals surface area contributed by atoms with Crippen molar-refractivity contribution in [2.24, 2.45) is 0 Å². The summed E-state index contributed by atoms with van der Waals surface area (Å²) in [7, 11) is 1.95. The fourth-order valence-electron chi connectivity index (χ4n) is 5.05. The molecule has 3 N–H and O–H groups in total. The SMILES string of the molecule is CCOC(=O)N1CCCC1C(=O)NC(Cc1ccc(NC(=O)CNC(=O)C2(F)CC2)c(F)c1)C(=O)N1CCN(C)CC1. The molecule has 2 heterocycles. The zero-order valence-corrected chi connectivity index (χ0v) is 23.9. The van der Waals surface area contributed by atoms with Gasteiger partial charge in [-0.1, -0.05) is 6.07 Å². The molecule has 2 saturated heterocycles. The van der Waals surface area contributed by atoms with E-state index in [0.717, 1.165) is 6.07 Å². The lowest BCUT2D eigenvalue weighted by atomic mass is 10.0. The van der Waals surface area contributed by atoms with Crippen LogP contribution >= 0.6 is 0 Å². The second-order valence-corrected chi connectivity index (χ2v) is 11.0. The molecule has 1 saturated carbocycles. The summed E-state index contributed by atoms with van der Waals surface area (Å²) in [6.07, 6.45) is 0.649. The number of hydrogen-bond donors (Lipinski definition) is 3. The first-order chi connectivity index (χ1) is 20.0. The van der Waals surface area contributed by atoms with Gasteiger partial charge in [-0.15, -0.1) is 0 Å². The second-order valence-electron chi connectivity index (χ2n) is 11.0. The van der Waals surface area contributed by atoms with Crippen molar-refractivity contribution in [3.63, 3.8) is 0 Å². The lowest BCUT2D eigenvalue weighted by Crippen LogP contribution is -2.57. The Kier molecular flexibility index (Phi) is 9.97. The average molecular weight is 593 g/mol. The van der Waals surface area contributed by atoms with E-state index in [1.165, 1.54) is 17.0 Å². The predicted octanol–water partition coefficient (Wildman–Crippen LogP) is 0.805. The van der Waals surface area contributed by atoms with Crippen molar-refractivity contribution in [1.29, 1.82) is 0 Å². The molecule has 2 atom stereocenters. The van der Waals surface area contributed by atoms with Gasteiger partial charge in [-0.25, -0.2) is 13.6 Å². The summed E-state index contributed by atoms with van der Waals surface area (Å²) in [5, 5.41) is 7.34. The van der Waals surface area contributed by atoms with Crippen LogP contribution in [0.1, 0.15) is 38.2 Å². The van der Waals surface area contributed by atoms with E-state index in [4.69, 9.17) is 4.74 Å². The van der Waals surface area contributed by atoms with Crippen LogP contribution < -0.4 is 16.0 Å². The van der Waals surface area contributed by atoms with E-state index < -0.39 is 53.9 Å². The number of nitrogens with one attached hydrogen (secondary N) is 3. The molecular formula is C28H38F2N6O6. The molecular weight excluding hydrogens is 554 g/mol. The Balaban J connectivity index is 1.43. The first-order valence-electron chi connectivity index (χ1n) is 14.3. The van der Waals surface area contributed by atoms with Crippen molar-refractivity contribution in [3.05, 3.63) is 29.6 Å². The quantitative estimate of drug-likeness (QED) is 0.365. The van der Waals surface area contributed by atoms with E-state index in [2.05, 4.69) is 20.9 Å². The summed E-state index contributed by atoms with van der Waals surface area (Å²) in [6, 6.07) is 2.20. The van der Waals surface area contributed by atoms with Gasteiger partial charge in [-0.3, -0.25) is 24.1 Å². The van der Waals surface area contributed by atoms with Crippen molar-refractivity contribution in [2.75, 3.05) is 58.2 Å². The minimum Gasteiger partial charge on any atom is -0.450 e. The summed E-state index contributed by atoms with van der Waals surface area (Å²) >= 11 is 0.